The molecule has 0 heterocycles. The number of nitrogens with two attached hydrogens (primary N) is 1. The van der Waals surface area contributed by atoms with Gasteiger partial charge in [0.2, 0.25) is 5.91 Å². The number of amides is 2. The molecule has 1 rings (SSSR count). The second-order valence-electron chi connectivity index (χ2n) is 3.87. The van der Waals surface area contributed by atoms with Gasteiger partial charge in [-0.3, -0.25) is 9.59 Å². The minimum atomic E-state index is -1.36. The number of primary amides is 1. The fourth-order valence-corrected chi connectivity index (χ4v) is 1.72. The fraction of sp³-hybridized carbons (Fsp3) is 0.250. The van der Waals surface area contributed by atoms with Crippen LogP contribution in [-0.2, 0) is 14.4 Å². The first-order valence-electron chi connectivity index (χ1n) is 5.57. The van der Waals surface area contributed by atoms with Crippen molar-refractivity contribution in [2.75, 3.05) is 6.61 Å². The van der Waals surface area contributed by atoms with E-state index in [0.717, 1.165) is 4.47 Å². The summed E-state index contributed by atoms with van der Waals surface area (Å²) in [4.78, 5) is 33.0. The number of hydrogen-bond donors (Lipinski definition) is 3. The second kappa shape index (κ2) is 7.49. The van der Waals surface area contributed by atoms with Gasteiger partial charge in [-0.1, -0.05) is 22.0 Å². The lowest BCUT2D eigenvalue weighted by Crippen LogP contribution is -2.45. The van der Waals surface area contributed by atoms with Crippen molar-refractivity contribution in [2.45, 2.75) is 12.5 Å². The van der Waals surface area contributed by atoms with Crippen LogP contribution >= 0.6 is 15.9 Å². The number of halogens is 1. The zero-order valence-electron chi connectivity index (χ0n) is 10.3. The van der Waals surface area contributed by atoms with Gasteiger partial charge >= 0.3 is 5.97 Å². The molecule has 8 heteroatoms. The SMILES string of the molecule is NC(=O)C[C@@H](NC(=O)COc1cccc(Br)c1)C(=O)O. The Kier molecular flexibility index (Phi) is 5.98. The van der Waals surface area contributed by atoms with Gasteiger partial charge in [0.15, 0.2) is 6.61 Å². The van der Waals surface area contributed by atoms with Crippen LogP contribution in [0.15, 0.2) is 28.7 Å². The first-order valence-corrected chi connectivity index (χ1v) is 6.36. The summed E-state index contributed by atoms with van der Waals surface area (Å²) in [6.45, 7) is -0.362. The Morgan fingerprint density at radius 2 is 2.10 bits per heavy atom. The van der Waals surface area contributed by atoms with E-state index in [0.29, 0.717) is 5.75 Å². The molecule has 20 heavy (non-hydrogen) atoms. The van der Waals surface area contributed by atoms with Crippen molar-refractivity contribution in [3.63, 3.8) is 0 Å². The lowest BCUT2D eigenvalue weighted by Gasteiger charge is -2.13. The van der Waals surface area contributed by atoms with Crippen LogP contribution in [0, 0.1) is 0 Å². The van der Waals surface area contributed by atoms with Crippen LogP contribution in [0.3, 0.4) is 0 Å². The number of carbonyl (C=O) groups excluding carboxylic acids is 2. The maximum absolute atomic E-state index is 11.5. The van der Waals surface area contributed by atoms with E-state index in [1.54, 1.807) is 24.3 Å². The number of ether oxygens (including phenoxy) is 1. The topological polar surface area (TPSA) is 119 Å². The third-order valence-electron chi connectivity index (χ3n) is 2.20. The van der Waals surface area contributed by atoms with Gasteiger partial charge < -0.3 is 20.9 Å². The Morgan fingerprint density at radius 1 is 1.40 bits per heavy atom. The Bertz CT molecular complexity index is 520. The molecule has 0 unspecified atom stereocenters. The molecule has 4 N–H and O–H groups in total. The molecule has 0 aliphatic rings. The Hall–Kier alpha value is -2.09. The third-order valence-corrected chi connectivity index (χ3v) is 2.70. The molecule has 108 valence electrons. The zero-order valence-corrected chi connectivity index (χ0v) is 11.9. The summed E-state index contributed by atoms with van der Waals surface area (Å²) in [6.07, 6.45) is -0.474. The standard InChI is InChI=1S/C12H13BrN2O5/c13-7-2-1-3-8(4-7)20-6-11(17)15-9(12(18)19)5-10(14)16/h1-4,9H,5-6H2,(H2,14,16)(H,15,17)(H,18,19)/t9-/m1/s1. The summed E-state index contributed by atoms with van der Waals surface area (Å²) in [7, 11) is 0. The molecule has 0 fully saturated rings. The Balaban J connectivity index is 2.49. The van der Waals surface area contributed by atoms with Crippen molar-refractivity contribution in [3.05, 3.63) is 28.7 Å². The van der Waals surface area contributed by atoms with E-state index < -0.39 is 30.2 Å². The Labute approximate surface area is 123 Å². The van der Waals surface area contributed by atoms with Crippen LogP contribution in [0.25, 0.3) is 0 Å². The largest absolute Gasteiger partial charge is 0.484 e. The summed E-state index contributed by atoms with van der Waals surface area (Å²) in [5.41, 5.74) is 4.90. The number of benzene rings is 1. The van der Waals surface area contributed by atoms with E-state index in [1.165, 1.54) is 0 Å². The van der Waals surface area contributed by atoms with Crippen LogP contribution in [0.2, 0.25) is 0 Å². The summed E-state index contributed by atoms with van der Waals surface area (Å²) < 4.78 is 5.97. The van der Waals surface area contributed by atoms with Crippen LogP contribution in [0.5, 0.6) is 5.75 Å². The van der Waals surface area contributed by atoms with E-state index in [9.17, 15) is 14.4 Å². The van der Waals surface area contributed by atoms with E-state index in [2.05, 4.69) is 21.2 Å². The molecular weight excluding hydrogens is 332 g/mol. The van der Waals surface area contributed by atoms with Gasteiger partial charge in [-0.05, 0) is 18.2 Å². The van der Waals surface area contributed by atoms with Gasteiger partial charge in [0.05, 0.1) is 6.42 Å². The quantitative estimate of drug-likeness (QED) is 0.656. The molecule has 0 bridgehead atoms. The average molecular weight is 345 g/mol. The highest BCUT2D eigenvalue weighted by Crippen LogP contribution is 2.17. The third kappa shape index (κ3) is 5.70. The van der Waals surface area contributed by atoms with Crippen molar-refractivity contribution >= 4 is 33.7 Å². The van der Waals surface area contributed by atoms with E-state index in [1.807, 2.05) is 0 Å². The van der Waals surface area contributed by atoms with Crippen LogP contribution < -0.4 is 15.8 Å². The van der Waals surface area contributed by atoms with Gasteiger partial charge in [-0.25, -0.2) is 4.79 Å². The number of nitrogens with one attached hydrogen (secondary N) is 1. The summed E-state index contributed by atoms with van der Waals surface area (Å²) in [5, 5.41) is 11.0. The maximum atomic E-state index is 11.5. The minimum Gasteiger partial charge on any atom is -0.484 e. The Morgan fingerprint density at radius 3 is 2.65 bits per heavy atom. The lowest BCUT2D eigenvalue weighted by atomic mass is 10.2. The minimum absolute atomic E-state index is 0.362. The number of carboxylic acids is 1. The summed E-state index contributed by atoms with van der Waals surface area (Å²) in [6, 6.07) is 5.47. The maximum Gasteiger partial charge on any atom is 0.326 e. The van der Waals surface area contributed by atoms with Gasteiger partial charge in [0.25, 0.3) is 5.91 Å². The molecule has 0 aliphatic heterocycles. The highest BCUT2D eigenvalue weighted by Gasteiger charge is 2.22. The first-order chi connectivity index (χ1) is 9.38. The fourth-order valence-electron chi connectivity index (χ4n) is 1.34. The molecule has 2 amide bonds. The van der Waals surface area contributed by atoms with Crippen LogP contribution in [-0.4, -0.2) is 35.5 Å². The van der Waals surface area contributed by atoms with Gasteiger partial charge in [-0.2, -0.15) is 0 Å². The van der Waals surface area contributed by atoms with E-state index in [4.69, 9.17) is 15.6 Å². The van der Waals surface area contributed by atoms with Crippen molar-refractivity contribution < 1.29 is 24.2 Å². The van der Waals surface area contributed by atoms with Crippen molar-refractivity contribution in [1.29, 1.82) is 0 Å². The molecular formula is C12H13BrN2O5. The molecule has 0 saturated carbocycles. The molecule has 0 saturated heterocycles. The molecule has 1 aromatic rings. The molecule has 0 spiro atoms. The zero-order chi connectivity index (χ0) is 15.1. The molecule has 7 nitrogen and oxygen atoms in total. The van der Waals surface area contributed by atoms with E-state index >= 15 is 0 Å². The lowest BCUT2D eigenvalue weighted by molar-refractivity contribution is -0.143. The molecule has 0 radical (unpaired) electrons. The van der Waals surface area contributed by atoms with Crippen molar-refractivity contribution in [1.82, 2.24) is 5.32 Å². The van der Waals surface area contributed by atoms with Crippen LogP contribution in [0.4, 0.5) is 0 Å². The molecule has 1 atom stereocenters. The number of carbonyl (C=O) groups is 3. The second-order valence-corrected chi connectivity index (χ2v) is 4.79. The van der Waals surface area contributed by atoms with E-state index in [-0.39, 0.29) is 6.61 Å². The number of aliphatic carboxylic acids is 1. The number of carboxylic acid groups (broad SMARTS) is 1. The predicted molar refractivity (Wildman–Crippen MR) is 73.0 cm³/mol. The van der Waals surface area contributed by atoms with Crippen LogP contribution in [0.1, 0.15) is 6.42 Å². The van der Waals surface area contributed by atoms with Gasteiger partial charge in [0.1, 0.15) is 11.8 Å². The monoisotopic (exact) mass is 344 g/mol. The highest BCUT2D eigenvalue weighted by molar-refractivity contribution is 9.10. The summed E-state index contributed by atoms with van der Waals surface area (Å²) >= 11 is 3.25. The highest BCUT2D eigenvalue weighted by atomic mass is 79.9. The molecule has 0 aliphatic carbocycles. The first kappa shape index (κ1) is 16.0. The van der Waals surface area contributed by atoms with Crippen molar-refractivity contribution in [2.24, 2.45) is 5.73 Å². The molecule has 1 aromatic carbocycles. The number of hydrogen-bond acceptors (Lipinski definition) is 4. The molecule has 0 aromatic heterocycles. The van der Waals surface area contributed by atoms with Crippen molar-refractivity contribution in [3.8, 4) is 5.75 Å². The van der Waals surface area contributed by atoms with Gasteiger partial charge in [-0.15, -0.1) is 0 Å². The van der Waals surface area contributed by atoms with Gasteiger partial charge in [0, 0.05) is 4.47 Å². The predicted octanol–water partition coefficient (Wildman–Crippen LogP) is 0.273. The summed E-state index contributed by atoms with van der Waals surface area (Å²) in [5.74, 6) is -2.35. The number of rotatable bonds is 7. The normalized spacial score (nSPS) is 11.4. The average Bonchev–Trinajstić information content (AvgIpc) is 2.35. The smallest absolute Gasteiger partial charge is 0.326 e.